The third-order valence-corrected chi connectivity index (χ3v) is 4.09. The molecular formula is C15H23N3O2. The third-order valence-electron chi connectivity index (χ3n) is 4.09. The zero-order chi connectivity index (χ0) is 14.8. The number of nitrogens with one attached hydrogen (secondary N) is 1. The van der Waals surface area contributed by atoms with E-state index in [1.807, 2.05) is 11.8 Å². The van der Waals surface area contributed by atoms with E-state index in [0.717, 1.165) is 12.1 Å². The van der Waals surface area contributed by atoms with Crippen LogP contribution in [0, 0.1) is 11.3 Å². The van der Waals surface area contributed by atoms with Crippen LogP contribution < -0.4 is 4.74 Å². The van der Waals surface area contributed by atoms with Crippen molar-refractivity contribution in [2.45, 2.75) is 34.1 Å². The smallest absolute Gasteiger partial charge is 0.294 e. The van der Waals surface area contributed by atoms with Gasteiger partial charge < -0.3 is 14.6 Å². The summed E-state index contributed by atoms with van der Waals surface area (Å²) in [5, 5.41) is 0. The monoisotopic (exact) mass is 277 g/mol. The van der Waals surface area contributed by atoms with Gasteiger partial charge in [-0.25, -0.2) is 4.98 Å². The van der Waals surface area contributed by atoms with E-state index >= 15 is 0 Å². The number of carbonyl (C=O) groups excluding carboxylic acids is 1. The van der Waals surface area contributed by atoms with Crippen LogP contribution in [0.3, 0.4) is 0 Å². The number of hydrogen-bond donors (Lipinski definition) is 1. The first-order valence-electron chi connectivity index (χ1n) is 7.08. The highest BCUT2D eigenvalue weighted by Crippen LogP contribution is 2.41. The van der Waals surface area contributed by atoms with Crippen LogP contribution in [0.5, 0.6) is 6.01 Å². The van der Waals surface area contributed by atoms with Crippen molar-refractivity contribution in [3.8, 4) is 6.01 Å². The predicted molar refractivity (Wildman–Crippen MR) is 77.1 cm³/mol. The Hall–Kier alpha value is -1.78. The van der Waals surface area contributed by atoms with Crippen LogP contribution in [0.25, 0.3) is 0 Å². The molecule has 0 aliphatic heterocycles. The number of likely N-dealkylation sites (N-methyl/N-ethyl adjacent to an activating group) is 1. The maximum absolute atomic E-state index is 12.3. The van der Waals surface area contributed by atoms with Crippen molar-refractivity contribution in [3.05, 3.63) is 24.2 Å². The van der Waals surface area contributed by atoms with Gasteiger partial charge in [0, 0.05) is 24.6 Å². The van der Waals surface area contributed by atoms with Gasteiger partial charge in [0.05, 0.1) is 0 Å². The lowest BCUT2D eigenvalue weighted by atomic mass is 9.84. The lowest BCUT2D eigenvalue weighted by Crippen LogP contribution is -2.34. The fourth-order valence-corrected chi connectivity index (χ4v) is 2.47. The van der Waals surface area contributed by atoms with Crippen LogP contribution in [0.4, 0.5) is 0 Å². The van der Waals surface area contributed by atoms with Gasteiger partial charge in [0.2, 0.25) is 0 Å². The zero-order valence-corrected chi connectivity index (χ0v) is 12.6. The molecule has 0 fully saturated rings. The summed E-state index contributed by atoms with van der Waals surface area (Å²) in [7, 11) is 0. The molecule has 0 saturated heterocycles. The quantitative estimate of drug-likeness (QED) is 0.900. The van der Waals surface area contributed by atoms with Crippen LogP contribution in [0.15, 0.2) is 24.2 Å². The summed E-state index contributed by atoms with van der Waals surface area (Å²) in [6.45, 7) is 9.30. The second kappa shape index (κ2) is 5.69. The minimum atomic E-state index is -0.0277. The van der Waals surface area contributed by atoms with E-state index < -0.39 is 0 Å². The topological polar surface area (TPSA) is 58.2 Å². The van der Waals surface area contributed by atoms with Crippen LogP contribution in [-0.4, -0.2) is 33.9 Å². The number of rotatable bonds is 5. The molecule has 1 N–H and O–H groups in total. The van der Waals surface area contributed by atoms with Crippen molar-refractivity contribution in [1.29, 1.82) is 0 Å². The first-order valence-corrected chi connectivity index (χ1v) is 7.08. The first-order chi connectivity index (χ1) is 9.44. The maximum Gasteiger partial charge on any atom is 0.294 e. The number of aromatic amines is 1. The molecule has 0 spiro atoms. The van der Waals surface area contributed by atoms with Crippen LogP contribution >= 0.6 is 0 Å². The van der Waals surface area contributed by atoms with Crippen LogP contribution in [0.1, 0.15) is 34.1 Å². The number of hydrogen-bond acceptors (Lipinski definition) is 3. The molecule has 1 aromatic heterocycles. The van der Waals surface area contributed by atoms with Crippen molar-refractivity contribution >= 4 is 5.91 Å². The van der Waals surface area contributed by atoms with Gasteiger partial charge in [-0.1, -0.05) is 26.8 Å². The minimum Gasteiger partial charge on any atom is -0.455 e. The average Bonchev–Trinajstić information content (AvgIpc) is 2.97. The van der Waals surface area contributed by atoms with Crippen molar-refractivity contribution in [2.24, 2.45) is 11.3 Å². The Morgan fingerprint density at radius 2 is 2.35 bits per heavy atom. The highest BCUT2D eigenvalue weighted by molar-refractivity contribution is 5.79. The second-order valence-corrected chi connectivity index (χ2v) is 5.88. The largest absolute Gasteiger partial charge is 0.455 e. The van der Waals surface area contributed by atoms with Crippen molar-refractivity contribution < 1.29 is 9.53 Å². The summed E-state index contributed by atoms with van der Waals surface area (Å²) in [4.78, 5) is 20.9. The lowest BCUT2D eigenvalue weighted by Gasteiger charge is -2.22. The molecule has 1 atom stereocenters. The second-order valence-electron chi connectivity index (χ2n) is 5.88. The summed E-state index contributed by atoms with van der Waals surface area (Å²) in [5.74, 6) is 0.519. The van der Waals surface area contributed by atoms with E-state index in [-0.39, 0.29) is 17.9 Å². The Morgan fingerprint density at radius 1 is 1.60 bits per heavy atom. The molecule has 0 bridgehead atoms. The molecule has 5 heteroatoms. The number of aromatic nitrogens is 2. The summed E-state index contributed by atoms with van der Waals surface area (Å²) >= 11 is 0. The highest BCUT2D eigenvalue weighted by Gasteiger charge is 2.34. The van der Waals surface area contributed by atoms with E-state index in [2.05, 4.69) is 36.8 Å². The molecular weight excluding hydrogens is 254 g/mol. The number of carbonyl (C=O) groups is 1. The molecule has 20 heavy (non-hydrogen) atoms. The molecule has 1 amide bonds. The van der Waals surface area contributed by atoms with Gasteiger partial charge in [-0.2, -0.15) is 0 Å². The molecule has 1 aliphatic rings. The lowest BCUT2D eigenvalue weighted by molar-refractivity contribution is -0.131. The molecule has 110 valence electrons. The Balaban J connectivity index is 2.00. The average molecular weight is 277 g/mol. The first kappa shape index (κ1) is 14.6. The van der Waals surface area contributed by atoms with E-state index in [9.17, 15) is 4.79 Å². The third kappa shape index (κ3) is 3.03. The number of imidazole rings is 1. The minimum absolute atomic E-state index is 0.00744. The number of ether oxygens (including phenoxy) is 1. The standard InChI is InChI=1S/C15H23N3O2/c1-5-18(12-8-11(2)15(3,4)9-12)13(19)10-20-14-16-6-7-17-14/h6-7,9,11H,5,8,10H2,1-4H3,(H,16,17). The highest BCUT2D eigenvalue weighted by atomic mass is 16.5. The summed E-state index contributed by atoms with van der Waals surface area (Å²) in [6, 6.07) is 0.378. The zero-order valence-electron chi connectivity index (χ0n) is 12.6. The molecule has 2 rings (SSSR count). The SMILES string of the molecule is CCN(C(=O)COc1ncc[nH]1)C1=CC(C)(C)C(C)C1. The van der Waals surface area contributed by atoms with E-state index in [4.69, 9.17) is 4.74 Å². The van der Waals surface area contributed by atoms with Crippen LogP contribution in [-0.2, 0) is 4.79 Å². The van der Waals surface area contributed by atoms with Gasteiger partial charge >= 0.3 is 0 Å². The van der Waals surface area contributed by atoms with Gasteiger partial charge in [-0.05, 0) is 24.7 Å². The number of nitrogens with zero attached hydrogens (tertiary/aromatic N) is 2. The van der Waals surface area contributed by atoms with Crippen molar-refractivity contribution in [3.63, 3.8) is 0 Å². The fraction of sp³-hybridized carbons (Fsp3) is 0.600. The molecule has 5 nitrogen and oxygen atoms in total. The molecule has 1 heterocycles. The van der Waals surface area contributed by atoms with E-state index in [0.29, 0.717) is 18.5 Å². The summed E-state index contributed by atoms with van der Waals surface area (Å²) in [6.07, 6.45) is 6.42. The normalized spacial score (nSPS) is 20.6. The maximum atomic E-state index is 12.3. The number of amides is 1. The van der Waals surface area contributed by atoms with Gasteiger partial charge in [-0.3, -0.25) is 4.79 Å². The van der Waals surface area contributed by atoms with Crippen LogP contribution in [0.2, 0.25) is 0 Å². The number of allylic oxidation sites excluding steroid dienone is 2. The Bertz CT molecular complexity index is 491. The van der Waals surface area contributed by atoms with Gasteiger partial charge in [0.1, 0.15) is 0 Å². The van der Waals surface area contributed by atoms with Crippen molar-refractivity contribution in [1.82, 2.24) is 14.9 Å². The van der Waals surface area contributed by atoms with Crippen molar-refractivity contribution in [2.75, 3.05) is 13.2 Å². The van der Waals surface area contributed by atoms with Gasteiger partial charge in [0.15, 0.2) is 6.61 Å². The molecule has 0 radical (unpaired) electrons. The molecule has 1 aromatic rings. The summed E-state index contributed by atoms with van der Waals surface area (Å²) in [5.41, 5.74) is 1.25. The molecule has 1 aliphatic carbocycles. The Labute approximate surface area is 120 Å². The van der Waals surface area contributed by atoms with E-state index in [1.165, 1.54) is 0 Å². The predicted octanol–water partition coefficient (Wildman–Crippen LogP) is 2.59. The Kier molecular flexibility index (Phi) is 4.16. The summed E-state index contributed by atoms with van der Waals surface area (Å²) < 4.78 is 5.34. The molecule has 1 unspecified atom stereocenters. The fourth-order valence-electron chi connectivity index (χ4n) is 2.47. The number of H-pyrrole nitrogens is 1. The van der Waals surface area contributed by atoms with Gasteiger partial charge in [-0.15, -0.1) is 0 Å². The molecule has 0 aromatic carbocycles. The van der Waals surface area contributed by atoms with Gasteiger partial charge in [0.25, 0.3) is 11.9 Å². The Morgan fingerprint density at radius 3 is 2.85 bits per heavy atom. The molecule has 0 saturated carbocycles. The van der Waals surface area contributed by atoms with E-state index in [1.54, 1.807) is 12.4 Å².